The van der Waals surface area contributed by atoms with Crippen LogP contribution in [0.4, 0.5) is 5.95 Å². The highest BCUT2D eigenvalue weighted by Gasteiger charge is 2.06. The molecule has 0 saturated heterocycles. The summed E-state index contributed by atoms with van der Waals surface area (Å²) in [7, 11) is 0. The Balaban J connectivity index is 2.49. The Bertz CT molecular complexity index is 486. The summed E-state index contributed by atoms with van der Waals surface area (Å²) in [5, 5.41) is 3.25. The second-order valence-electron chi connectivity index (χ2n) is 3.94. The first kappa shape index (κ1) is 10.7. The van der Waals surface area contributed by atoms with E-state index >= 15 is 0 Å². The van der Waals surface area contributed by atoms with E-state index in [2.05, 4.69) is 53.8 Å². The maximum absolute atomic E-state index is 4.30. The molecule has 0 atom stereocenters. The van der Waals surface area contributed by atoms with Gasteiger partial charge in [0.25, 0.3) is 0 Å². The first-order valence-electron chi connectivity index (χ1n) is 5.57. The minimum absolute atomic E-state index is 0.877. The molecule has 16 heavy (non-hydrogen) atoms. The lowest BCUT2D eigenvalue weighted by Gasteiger charge is -2.11. The SMILES string of the molecule is CCNc1nccn1-c1cc(C)ccc1C. The van der Waals surface area contributed by atoms with Gasteiger partial charge in [0, 0.05) is 18.9 Å². The van der Waals surface area contributed by atoms with Gasteiger partial charge in [-0.2, -0.15) is 0 Å². The second kappa shape index (κ2) is 4.39. The van der Waals surface area contributed by atoms with E-state index < -0.39 is 0 Å². The highest BCUT2D eigenvalue weighted by atomic mass is 15.2. The Labute approximate surface area is 96.1 Å². The largest absolute Gasteiger partial charge is 0.356 e. The van der Waals surface area contributed by atoms with Crippen LogP contribution in [-0.4, -0.2) is 16.1 Å². The fraction of sp³-hybridized carbons (Fsp3) is 0.308. The van der Waals surface area contributed by atoms with Crippen molar-refractivity contribution < 1.29 is 0 Å². The number of hydrogen-bond donors (Lipinski definition) is 1. The standard InChI is InChI=1S/C13H17N3/c1-4-14-13-15-7-8-16(13)12-9-10(2)5-6-11(12)3/h5-9H,4H2,1-3H3,(H,14,15). The third-order valence-electron chi connectivity index (χ3n) is 2.60. The number of hydrogen-bond acceptors (Lipinski definition) is 2. The smallest absolute Gasteiger partial charge is 0.207 e. The van der Waals surface area contributed by atoms with Crippen LogP contribution in [0.3, 0.4) is 0 Å². The van der Waals surface area contributed by atoms with Crippen LogP contribution >= 0.6 is 0 Å². The highest BCUT2D eigenvalue weighted by molar-refractivity contribution is 5.48. The van der Waals surface area contributed by atoms with Gasteiger partial charge in [-0.1, -0.05) is 12.1 Å². The van der Waals surface area contributed by atoms with E-state index in [1.165, 1.54) is 16.8 Å². The lowest BCUT2D eigenvalue weighted by molar-refractivity contribution is 1.01. The summed E-state index contributed by atoms with van der Waals surface area (Å²) in [6, 6.07) is 6.45. The van der Waals surface area contributed by atoms with Gasteiger partial charge in [0.1, 0.15) is 0 Å². The third-order valence-corrected chi connectivity index (χ3v) is 2.60. The minimum Gasteiger partial charge on any atom is -0.356 e. The molecule has 0 aliphatic rings. The quantitative estimate of drug-likeness (QED) is 0.853. The molecule has 1 aromatic carbocycles. The number of anilines is 1. The monoisotopic (exact) mass is 215 g/mol. The normalized spacial score (nSPS) is 10.4. The summed E-state index contributed by atoms with van der Waals surface area (Å²) in [5.41, 5.74) is 3.70. The predicted octanol–water partition coefficient (Wildman–Crippen LogP) is 2.92. The maximum atomic E-state index is 4.30. The van der Waals surface area contributed by atoms with Crippen molar-refractivity contribution in [3.05, 3.63) is 41.7 Å². The zero-order chi connectivity index (χ0) is 11.5. The van der Waals surface area contributed by atoms with E-state index in [1.807, 2.05) is 12.4 Å². The molecule has 0 fully saturated rings. The topological polar surface area (TPSA) is 29.9 Å². The van der Waals surface area contributed by atoms with E-state index in [-0.39, 0.29) is 0 Å². The molecule has 2 rings (SSSR count). The molecule has 0 radical (unpaired) electrons. The van der Waals surface area contributed by atoms with Crippen LogP contribution in [-0.2, 0) is 0 Å². The van der Waals surface area contributed by atoms with Gasteiger partial charge in [-0.15, -0.1) is 0 Å². The van der Waals surface area contributed by atoms with Crippen molar-refractivity contribution in [3.63, 3.8) is 0 Å². The zero-order valence-corrected chi connectivity index (χ0v) is 9.99. The molecule has 1 heterocycles. The summed E-state index contributed by atoms with van der Waals surface area (Å²) in [5.74, 6) is 0.899. The van der Waals surface area contributed by atoms with Crippen LogP contribution < -0.4 is 5.32 Å². The molecule has 0 aliphatic carbocycles. The number of aryl methyl sites for hydroxylation is 2. The number of imidazole rings is 1. The van der Waals surface area contributed by atoms with Crippen LogP contribution in [0.15, 0.2) is 30.6 Å². The molecule has 0 saturated carbocycles. The fourth-order valence-corrected chi connectivity index (χ4v) is 1.77. The molecular weight excluding hydrogens is 198 g/mol. The molecule has 0 bridgehead atoms. The van der Waals surface area contributed by atoms with Crippen LogP contribution in [0.25, 0.3) is 5.69 Å². The van der Waals surface area contributed by atoms with Gasteiger partial charge in [0.2, 0.25) is 5.95 Å². The molecule has 84 valence electrons. The highest BCUT2D eigenvalue weighted by Crippen LogP contribution is 2.19. The van der Waals surface area contributed by atoms with Crippen molar-refractivity contribution in [2.24, 2.45) is 0 Å². The van der Waals surface area contributed by atoms with E-state index in [4.69, 9.17) is 0 Å². The van der Waals surface area contributed by atoms with Crippen molar-refractivity contribution in [1.82, 2.24) is 9.55 Å². The maximum Gasteiger partial charge on any atom is 0.207 e. The van der Waals surface area contributed by atoms with E-state index in [0.29, 0.717) is 0 Å². The minimum atomic E-state index is 0.877. The van der Waals surface area contributed by atoms with Crippen LogP contribution in [0, 0.1) is 13.8 Å². The van der Waals surface area contributed by atoms with E-state index in [9.17, 15) is 0 Å². The van der Waals surface area contributed by atoms with Gasteiger partial charge in [-0.05, 0) is 38.0 Å². The molecule has 1 aromatic heterocycles. The van der Waals surface area contributed by atoms with Crippen molar-refractivity contribution in [2.45, 2.75) is 20.8 Å². The lowest BCUT2D eigenvalue weighted by atomic mass is 10.1. The molecule has 1 N–H and O–H groups in total. The van der Waals surface area contributed by atoms with Gasteiger partial charge in [-0.3, -0.25) is 4.57 Å². The molecule has 0 amide bonds. The average Bonchev–Trinajstić information content (AvgIpc) is 2.70. The summed E-state index contributed by atoms with van der Waals surface area (Å²) in [4.78, 5) is 4.30. The zero-order valence-electron chi connectivity index (χ0n) is 9.99. The van der Waals surface area contributed by atoms with Gasteiger partial charge in [0.05, 0.1) is 5.69 Å². The summed E-state index contributed by atoms with van der Waals surface area (Å²) < 4.78 is 2.09. The Morgan fingerprint density at radius 3 is 2.88 bits per heavy atom. The third kappa shape index (κ3) is 1.94. The number of benzene rings is 1. The Kier molecular flexibility index (Phi) is 2.95. The Morgan fingerprint density at radius 1 is 1.31 bits per heavy atom. The molecule has 0 aliphatic heterocycles. The summed E-state index contributed by atoms with van der Waals surface area (Å²) in [6.07, 6.45) is 3.81. The number of rotatable bonds is 3. The molecular formula is C13H17N3. The van der Waals surface area contributed by atoms with Crippen LogP contribution in [0.2, 0.25) is 0 Å². The Hall–Kier alpha value is -1.77. The predicted molar refractivity (Wildman–Crippen MR) is 67.2 cm³/mol. The summed E-state index contributed by atoms with van der Waals surface area (Å²) >= 11 is 0. The molecule has 2 aromatic rings. The number of nitrogens with zero attached hydrogens (tertiary/aromatic N) is 2. The molecule has 0 spiro atoms. The average molecular weight is 215 g/mol. The van der Waals surface area contributed by atoms with E-state index in [1.54, 1.807) is 0 Å². The Morgan fingerprint density at radius 2 is 2.12 bits per heavy atom. The second-order valence-corrected chi connectivity index (χ2v) is 3.94. The summed E-state index contributed by atoms with van der Waals surface area (Å²) in [6.45, 7) is 7.17. The first-order valence-corrected chi connectivity index (χ1v) is 5.57. The fourth-order valence-electron chi connectivity index (χ4n) is 1.77. The van der Waals surface area contributed by atoms with Crippen molar-refractivity contribution in [2.75, 3.05) is 11.9 Å². The molecule has 3 heteroatoms. The van der Waals surface area contributed by atoms with Crippen LogP contribution in [0.5, 0.6) is 0 Å². The number of aromatic nitrogens is 2. The lowest BCUT2D eigenvalue weighted by Crippen LogP contribution is -2.06. The van der Waals surface area contributed by atoms with Crippen molar-refractivity contribution in [1.29, 1.82) is 0 Å². The van der Waals surface area contributed by atoms with Gasteiger partial charge < -0.3 is 5.32 Å². The first-order chi connectivity index (χ1) is 7.72. The van der Waals surface area contributed by atoms with Crippen molar-refractivity contribution in [3.8, 4) is 5.69 Å². The van der Waals surface area contributed by atoms with Gasteiger partial charge >= 0.3 is 0 Å². The van der Waals surface area contributed by atoms with E-state index in [0.717, 1.165) is 12.5 Å². The van der Waals surface area contributed by atoms with Crippen molar-refractivity contribution >= 4 is 5.95 Å². The van der Waals surface area contributed by atoms with Gasteiger partial charge in [-0.25, -0.2) is 4.98 Å². The van der Waals surface area contributed by atoms with Gasteiger partial charge in [0.15, 0.2) is 0 Å². The molecule has 3 nitrogen and oxygen atoms in total. The molecule has 0 unspecified atom stereocenters. The van der Waals surface area contributed by atoms with Crippen LogP contribution in [0.1, 0.15) is 18.1 Å². The number of nitrogens with one attached hydrogen (secondary N) is 1.